The smallest absolute Gasteiger partial charge is 0.262 e. The third-order valence-electron chi connectivity index (χ3n) is 5.96. The highest BCUT2D eigenvalue weighted by Gasteiger charge is 2.22. The van der Waals surface area contributed by atoms with E-state index in [1.807, 2.05) is 50.2 Å². The van der Waals surface area contributed by atoms with Crippen LogP contribution in [0.4, 0.5) is 0 Å². The lowest BCUT2D eigenvalue weighted by Crippen LogP contribution is -2.39. The fourth-order valence-corrected chi connectivity index (χ4v) is 5.19. The molecule has 1 atom stereocenters. The Labute approximate surface area is 181 Å². The number of carbonyl (C=O) groups is 1. The summed E-state index contributed by atoms with van der Waals surface area (Å²) in [4.78, 5) is 30.7. The second-order valence-corrected chi connectivity index (χ2v) is 9.43. The van der Waals surface area contributed by atoms with Crippen molar-refractivity contribution in [1.82, 2.24) is 14.9 Å². The number of nitrogens with one attached hydrogen (secondary N) is 1. The van der Waals surface area contributed by atoms with Crippen molar-refractivity contribution < 1.29 is 4.79 Å². The monoisotopic (exact) mass is 423 g/mol. The van der Waals surface area contributed by atoms with Crippen molar-refractivity contribution in [3.8, 4) is 0 Å². The van der Waals surface area contributed by atoms with Crippen molar-refractivity contribution in [1.29, 1.82) is 0 Å². The molecule has 1 aliphatic rings. The van der Waals surface area contributed by atoms with Crippen LogP contribution < -0.4 is 10.9 Å². The maximum Gasteiger partial charge on any atom is 0.262 e. The third-order valence-corrected chi connectivity index (χ3v) is 7.05. The molecule has 2 aromatic carbocycles. The van der Waals surface area contributed by atoms with Crippen molar-refractivity contribution in [2.45, 2.75) is 75.4 Å². The molecule has 1 amide bonds. The lowest BCUT2D eigenvalue weighted by Gasteiger charge is -2.20. The highest BCUT2D eigenvalue weighted by atomic mass is 32.2. The van der Waals surface area contributed by atoms with Gasteiger partial charge in [0.05, 0.1) is 16.2 Å². The van der Waals surface area contributed by atoms with Crippen molar-refractivity contribution in [3.05, 3.63) is 46.8 Å². The minimum absolute atomic E-state index is 0.0300. The number of carbonyl (C=O) groups excluding carboxylic acids is 1. The summed E-state index contributed by atoms with van der Waals surface area (Å²) in [5, 5.41) is 6.22. The van der Waals surface area contributed by atoms with Crippen LogP contribution in [0.2, 0.25) is 0 Å². The van der Waals surface area contributed by atoms with E-state index < -0.39 is 0 Å². The lowest BCUT2D eigenvalue weighted by molar-refractivity contribution is -0.121. The molecule has 0 bridgehead atoms. The molecule has 158 valence electrons. The van der Waals surface area contributed by atoms with Gasteiger partial charge in [0.2, 0.25) is 5.91 Å². The summed E-state index contributed by atoms with van der Waals surface area (Å²) in [5.41, 5.74) is 0.634. The molecule has 4 rings (SSSR count). The molecule has 0 radical (unpaired) electrons. The Morgan fingerprint density at radius 1 is 1.17 bits per heavy atom. The Hall–Kier alpha value is -2.34. The SMILES string of the molecule is CCn1c(S[C@H](C)C(=O)NC2CCCCCC2)nc2cc3ccccc3cc2c1=O. The number of amides is 1. The topological polar surface area (TPSA) is 64.0 Å². The molecule has 1 N–H and O–H groups in total. The van der Waals surface area contributed by atoms with Gasteiger partial charge in [0, 0.05) is 12.6 Å². The Bertz CT molecular complexity index is 1120. The quantitative estimate of drug-likeness (QED) is 0.275. The molecule has 0 spiro atoms. The Morgan fingerprint density at radius 2 is 1.83 bits per heavy atom. The van der Waals surface area contributed by atoms with E-state index in [0.717, 1.165) is 23.6 Å². The average Bonchev–Trinajstić information content (AvgIpc) is 3.01. The summed E-state index contributed by atoms with van der Waals surface area (Å²) < 4.78 is 1.68. The predicted molar refractivity (Wildman–Crippen MR) is 124 cm³/mol. The minimum atomic E-state index is -0.309. The minimum Gasteiger partial charge on any atom is -0.352 e. The number of rotatable bonds is 5. The van der Waals surface area contributed by atoms with E-state index in [-0.39, 0.29) is 22.8 Å². The van der Waals surface area contributed by atoms with Gasteiger partial charge in [-0.15, -0.1) is 0 Å². The molecule has 3 aromatic rings. The first-order valence-electron chi connectivity index (χ1n) is 11.0. The molecule has 5 nitrogen and oxygen atoms in total. The van der Waals surface area contributed by atoms with Crippen LogP contribution in [0.5, 0.6) is 0 Å². The molecule has 0 unspecified atom stereocenters. The number of nitrogens with zero attached hydrogens (tertiary/aromatic N) is 2. The van der Waals surface area contributed by atoms with Crippen LogP contribution in [0.1, 0.15) is 52.4 Å². The zero-order valence-corrected chi connectivity index (χ0v) is 18.5. The first kappa shape index (κ1) is 20.9. The Morgan fingerprint density at radius 3 is 2.50 bits per heavy atom. The van der Waals surface area contributed by atoms with Gasteiger partial charge in [-0.05, 0) is 49.6 Å². The molecule has 1 aromatic heterocycles. The van der Waals surface area contributed by atoms with E-state index in [9.17, 15) is 9.59 Å². The zero-order chi connectivity index (χ0) is 21.1. The molecule has 1 heterocycles. The molecule has 30 heavy (non-hydrogen) atoms. The fraction of sp³-hybridized carbons (Fsp3) is 0.458. The normalized spacial score (nSPS) is 16.5. The van der Waals surface area contributed by atoms with Gasteiger partial charge < -0.3 is 5.32 Å². The molecule has 1 fully saturated rings. The largest absolute Gasteiger partial charge is 0.352 e. The Balaban J connectivity index is 1.61. The predicted octanol–water partition coefficient (Wildman–Crippen LogP) is 4.89. The van der Waals surface area contributed by atoms with Crippen LogP contribution in [-0.2, 0) is 11.3 Å². The number of hydrogen-bond acceptors (Lipinski definition) is 4. The van der Waals surface area contributed by atoms with Gasteiger partial charge in [-0.1, -0.05) is 61.7 Å². The van der Waals surface area contributed by atoms with Gasteiger partial charge in [-0.25, -0.2) is 4.98 Å². The molecule has 0 aliphatic heterocycles. The van der Waals surface area contributed by atoms with Gasteiger partial charge in [0.1, 0.15) is 0 Å². The van der Waals surface area contributed by atoms with E-state index in [2.05, 4.69) is 5.32 Å². The molecule has 1 saturated carbocycles. The van der Waals surface area contributed by atoms with Crippen LogP contribution in [0.25, 0.3) is 21.7 Å². The second kappa shape index (κ2) is 9.21. The maximum absolute atomic E-state index is 13.1. The number of thioether (sulfide) groups is 1. The summed E-state index contributed by atoms with van der Waals surface area (Å²) in [5.74, 6) is 0.0300. The molecule has 1 aliphatic carbocycles. The molecule has 6 heteroatoms. The lowest BCUT2D eigenvalue weighted by atomic mass is 10.1. The van der Waals surface area contributed by atoms with Crippen molar-refractivity contribution in [3.63, 3.8) is 0 Å². The van der Waals surface area contributed by atoms with E-state index in [1.54, 1.807) is 4.57 Å². The van der Waals surface area contributed by atoms with Crippen LogP contribution in [0.15, 0.2) is 46.3 Å². The van der Waals surface area contributed by atoms with Gasteiger partial charge in [-0.3, -0.25) is 14.2 Å². The van der Waals surface area contributed by atoms with Crippen molar-refractivity contribution in [2.24, 2.45) is 0 Å². The zero-order valence-electron chi connectivity index (χ0n) is 17.7. The molecular weight excluding hydrogens is 394 g/mol. The van der Waals surface area contributed by atoms with Crippen molar-refractivity contribution in [2.75, 3.05) is 0 Å². The Kier molecular flexibility index (Phi) is 6.42. The highest BCUT2D eigenvalue weighted by molar-refractivity contribution is 8.00. The van der Waals surface area contributed by atoms with Crippen molar-refractivity contribution >= 4 is 39.3 Å². The van der Waals surface area contributed by atoms with Gasteiger partial charge >= 0.3 is 0 Å². The highest BCUT2D eigenvalue weighted by Crippen LogP contribution is 2.26. The second-order valence-electron chi connectivity index (χ2n) is 8.12. The number of fused-ring (bicyclic) bond motifs is 2. The number of hydrogen-bond donors (Lipinski definition) is 1. The van der Waals surface area contributed by atoms with Crippen LogP contribution in [-0.4, -0.2) is 26.8 Å². The number of aromatic nitrogens is 2. The molecule has 0 saturated heterocycles. The summed E-state index contributed by atoms with van der Waals surface area (Å²) in [7, 11) is 0. The third kappa shape index (κ3) is 4.38. The summed E-state index contributed by atoms with van der Waals surface area (Å²) in [6.07, 6.45) is 7.00. The summed E-state index contributed by atoms with van der Waals surface area (Å²) in [6, 6.07) is 12.1. The van der Waals surface area contributed by atoms with E-state index in [4.69, 9.17) is 4.98 Å². The average molecular weight is 424 g/mol. The first-order chi connectivity index (χ1) is 14.6. The number of benzene rings is 2. The van der Waals surface area contributed by atoms with Gasteiger partial charge in [-0.2, -0.15) is 0 Å². The molecular formula is C24H29N3O2S. The van der Waals surface area contributed by atoms with Crippen LogP contribution >= 0.6 is 11.8 Å². The van der Waals surface area contributed by atoms with Crippen LogP contribution in [0, 0.1) is 0 Å². The maximum atomic E-state index is 13.1. The summed E-state index contributed by atoms with van der Waals surface area (Å²) >= 11 is 1.37. The van der Waals surface area contributed by atoms with E-state index in [1.165, 1.54) is 37.4 Å². The fourth-order valence-electron chi connectivity index (χ4n) is 4.21. The van der Waals surface area contributed by atoms with Crippen LogP contribution in [0.3, 0.4) is 0 Å². The standard InChI is InChI=1S/C24H29N3O2S/c1-3-27-23(29)20-14-17-10-8-9-11-18(17)15-21(20)26-24(27)30-16(2)22(28)25-19-12-6-4-5-7-13-19/h8-11,14-16,19H,3-7,12-13H2,1-2H3,(H,25,28)/t16-/m1/s1. The van der Waals surface area contributed by atoms with E-state index in [0.29, 0.717) is 22.6 Å². The summed E-state index contributed by atoms with van der Waals surface area (Å²) in [6.45, 7) is 4.36. The first-order valence-corrected chi connectivity index (χ1v) is 11.8. The van der Waals surface area contributed by atoms with E-state index >= 15 is 0 Å². The van der Waals surface area contributed by atoms with Gasteiger partial charge in [0.15, 0.2) is 5.16 Å². The van der Waals surface area contributed by atoms with Gasteiger partial charge in [0.25, 0.3) is 5.56 Å².